The number of benzene rings is 4. The minimum Gasteiger partial charge on any atom is -0.436 e. The van der Waals surface area contributed by atoms with Crippen LogP contribution in [0.4, 0.5) is 0 Å². The van der Waals surface area contributed by atoms with Crippen LogP contribution >= 0.6 is 0 Å². The van der Waals surface area contributed by atoms with E-state index in [9.17, 15) is 0 Å². The molecular formula is C41H25N5O. The van der Waals surface area contributed by atoms with E-state index in [2.05, 4.69) is 64.6 Å². The highest BCUT2D eigenvalue weighted by Crippen LogP contribution is 2.39. The van der Waals surface area contributed by atoms with Gasteiger partial charge in [0, 0.05) is 39.7 Å². The largest absolute Gasteiger partial charge is 0.436 e. The SMILES string of the molecule is c1ccc(-c2nc3ccccc3c3c2ccc2oc(-c4cccc(-c5cc(-c6ccccn6)nc(-c6ccccn6)c5)c4)nc23)cc1. The Labute approximate surface area is 270 Å². The van der Waals surface area contributed by atoms with Gasteiger partial charge in [0.05, 0.1) is 34.0 Å². The van der Waals surface area contributed by atoms with E-state index in [0.29, 0.717) is 5.89 Å². The molecule has 0 atom stereocenters. The van der Waals surface area contributed by atoms with Crippen LogP contribution in [0.5, 0.6) is 0 Å². The predicted octanol–water partition coefficient (Wildman–Crippen LogP) is 10.0. The predicted molar refractivity (Wildman–Crippen MR) is 187 cm³/mol. The van der Waals surface area contributed by atoms with Crippen molar-refractivity contribution in [3.63, 3.8) is 0 Å². The van der Waals surface area contributed by atoms with Crippen LogP contribution in [0.3, 0.4) is 0 Å². The molecule has 0 aliphatic rings. The van der Waals surface area contributed by atoms with Crippen LogP contribution in [-0.2, 0) is 0 Å². The van der Waals surface area contributed by atoms with E-state index in [1.165, 1.54) is 0 Å². The topological polar surface area (TPSA) is 77.6 Å². The summed E-state index contributed by atoms with van der Waals surface area (Å²) in [6.45, 7) is 0. The monoisotopic (exact) mass is 603 g/mol. The number of nitrogens with zero attached hydrogens (tertiary/aromatic N) is 5. The highest BCUT2D eigenvalue weighted by Gasteiger charge is 2.18. The molecule has 6 heteroatoms. The quantitative estimate of drug-likeness (QED) is 0.182. The zero-order valence-electron chi connectivity index (χ0n) is 25.1. The molecule has 5 heterocycles. The maximum absolute atomic E-state index is 6.47. The molecule has 0 bridgehead atoms. The first kappa shape index (κ1) is 26.8. The number of aromatic nitrogens is 5. The average molecular weight is 604 g/mol. The molecule has 9 rings (SSSR count). The molecule has 0 unspecified atom stereocenters. The average Bonchev–Trinajstić information content (AvgIpc) is 3.60. The van der Waals surface area contributed by atoms with Gasteiger partial charge in [-0.15, -0.1) is 0 Å². The number of pyridine rings is 4. The van der Waals surface area contributed by atoms with E-state index in [4.69, 9.17) is 19.4 Å². The van der Waals surface area contributed by atoms with Crippen LogP contribution < -0.4 is 0 Å². The molecule has 0 saturated carbocycles. The van der Waals surface area contributed by atoms with Crippen LogP contribution in [0.15, 0.2) is 156 Å². The summed E-state index contributed by atoms with van der Waals surface area (Å²) in [5.74, 6) is 0.556. The minimum absolute atomic E-state index is 0.556. The van der Waals surface area contributed by atoms with Crippen molar-refractivity contribution in [2.24, 2.45) is 0 Å². The summed E-state index contributed by atoms with van der Waals surface area (Å²) in [5.41, 5.74) is 10.5. The molecule has 0 aliphatic carbocycles. The fourth-order valence-electron chi connectivity index (χ4n) is 6.19. The van der Waals surface area contributed by atoms with Gasteiger partial charge in [-0.3, -0.25) is 9.97 Å². The lowest BCUT2D eigenvalue weighted by molar-refractivity contribution is 0.620. The van der Waals surface area contributed by atoms with E-state index in [1.807, 2.05) is 84.9 Å². The van der Waals surface area contributed by atoms with Crippen molar-refractivity contribution in [2.45, 2.75) is 0 Å². The number of hydrogen-bond acceptors (Lipinski definition) is 6. The van der Waals surface area contributed by atoms with E-state index in [0.717, 1.165) is 83.5 Å². The van der Waals surface area contributed by atoms with E-state index < -0.39 is 0 Å². The second-order valence-electron chi connectivity index (χ2n) is 11.3. The van der Waals surface area contributed by atoms with Crippen molar-refractivity contribution >= 4 is 32.8 Å². The molecule has 5 aromatic heterocycles. The summed E-state index contributed by atoms with van der Waals surface area (Å²) in [4.78, 5) is 24.3. The Balaban J connectivity index is 1.21. The molecule has 0 amide bonds. The third-order valence-electron chi connectivity index (χ3n) is 8.39. The summed E-state index contributed by atoms with van der Waals surface area (Å²) in [7, 11) is 0. The van der Waals surface area contributed by atoms with Crippen molar-refractivity contribution in [3.05, 3.63) is 152 Å². The van der Waals surface area contributed by atoms with Gasteiger partial charge in [-0.05, 0) is 77.9 Å². The zero-order valence-corrected chi connectivity index (χ0v) is 25.1. The van der Waals surface area contributed by atoms with Crippen LogP contribution in [0, 0.1) is 0 Å². The number of rotatable bonds is 5. The van der Waals surface area contributed by atoms with Crippen molar-refractivity contribution in [3.8, 4) is 56.6 Å². The highest BCUT2D eigenvalue weighted by atomic mass is 16.3. The third-order valence-corrected chi connectivity index (χ3v) is 8.39. The molecule has 4 aromatic carbocycles. The Morgan fingerprint density at radius 1 is 0.426 bits per heavy atom. The molecule has 0 radical (unpaired) electrons. The van der Waals surface area contributed by atoms with Crippen molar-refractivity contribution in [1.82, 2.24) is 24.9 Å². The first-order valence-corrected chi connectivity index (χ1v) is 15.4. The fourth-order valence-corrected chi connectivity index (χ4v) is 6.19. The lowest BCUT2D eigenvalue weighted by Gasteiger charge is -2.10. The number of hydrogen-bond donors (Lipinski definition) is 0. The second kappa shape index (κ2) is 11.1. The molecule has 220 valence electrons. The Morgan fingerprint density at radius 2 is 1.11 bits per heavy atom. The number of fused-ring (bicyclic) bond motifs is 5. The molecule has 0 fully saturated rings. The summed E-state index contributed by atoms with van der Waals surface area (Å²) in [5, 5.41) is 3.12. The van der Waals surface area contributed by atoms with Crippen molar-refractivity contribution in [2.75, 3.05) is 0 Å². The summed E-state index contributed by atoms with van der Waals surface area (Å²) in [6.07, 6.45) is 3.56. The first-order chi connectivity index (χ1) is 23.3. The molecule has 9 aromatic rings. The Bertz CT molecular complexity index is 2510. The standard InChI is InChI=1S/C41H25N5O/c1-2-11-26(12-3-1)39-31-19-20-37-40(38(31)30-15-4-5-16-32(30)45-39)46-41(47-37)28-14-10-13-27(23-28)29-24-35(33-17-6-8-21-42-33)44-36(25-29)34-18-7-9-22-43-34/h1-25H. The Kier molecular flexibility index (Phi) is 6.35. The van der Waals surface area contributed by atoms with Crippen molar-refractivity contribution < 1.29 is 4.42 Å². The van der Waals surface area contributed by atoms with E-state index in [-0.39, 0.29) is 0 Å². The third kappa shape index (κ3) is 4.80. The molecule has 0 saturated heterocycles. The Hall–Kier alpha value is -6.53. The second-order valence-corrected chi connectivity index (χ2v) is 11.3. The summed E-state index contributed by atoms with van der Waals surface area (Å²) >= 11 is 0. The molecule has 47 heavy (non-hydrogen) atoms. The lowest BCUT2D eigenvalue weighted by atomic mass is 9.99. The summed E-state index contributed by atoms with van der Waals surface area (Å²) in [6, 6.07) is 46.7. The first-order valence-electron chi connectivity index (χ1n) is 15.4. The summed E-state index contributed by atoms with van der Waals surface area (Å²) < 4.78 is 6.47. The maximum Gasteiger partial charge on any atom is 0.227 e. The van der Waals surface area contributed by atoms with Crippen LogP contribution in [0.2, 0.25) is 0 Å². The lowest BCUT2D eigenvalue weighted by Crippen LogP contribution is -1.94. The minimum atomic E-state index is 0.556. The normalized spacial score (nSPS) is 11.4. The van der Waals surface area contributed by atoms with Crippen molar-refractivity contribution in [1.29, 1.82) is 0 Å². The smallest absolute Gasteiger partial charge is 0.227 e. The van der Waals surface area contributed by atoms with Gasteiger partial charge in [0.25, 0.3) is 0 Å². The highest BCUT2D eigenvalue weighted by molar-refractivity contribution is 6.20. The number of oxazole rings is 1. The molecular weight excluding hydrogens is 578 g/mol. The molecule has 0 aliphatic heterocycles. The molecule has 6 nitrogen and oxygen atoms in total. The van der Waals surface area contributed by atoms with Crippen LogP contribution in [0.1, 0.15) is 0 Å². The van der Waals surface area contributed by atoms with Gasteiger partial charge >= 0.3 is 0 Å². The van der Waals surface area contributed by atoms with Gasteiger partial charge in [0.1, 0.15) is 5.52 Å². The van der Waals surface area contributed by atoms with Crippen LogP contribution in [-0.4, -0.2) is 24.9 Å². The van der Waals surface area contributed by atoms with Gasteiger partial charge in [-0.2, -0.15) is 0 Å². The van der Waals surface area contributed by atoms with Gasteiger partial charge in [-0.1, -0.05) is 72.8 Å². The maximum atomic E-state index is 6.47. The number of para-hydroxylation sites is 1. The van der Waals surface area contributed by atoms with Crippen LogP contribution in [0.25, 0.3) is 89.4 Å². The molecule has 0 N–H and O–H groups in total. The van der Waals surface area contributed by atoms with E-state index >= 15 is 0 Å². The van der Waals surface area contributed by atoms with Gasteiger partial charge in [0.15, 0.2) is 5.58 Å². The van der Waals surface area contributed by atoms with Gasteiger partial charge < -0.3 is 4.42 Å². The van der Waals surface area contributed by atoms with Gasteiger partial charge in [0.2, 0.25) is 5.89 Å². The zero-order chi connectivity index (χ0) is 31.2. The Morgan fingerprint density at radius 3 is 1.85 bits per heavy atom. The fraction of sp³-hybridized carbons (Fsp3) is 0. The van der Waals surface area contributed by atoms with Gasteiger partial charge in [-0.25, -0.2) is 15.0 Å². The van der Waals surface area contributed by atoms with E-state index in [1.54, 1.807) is 12.4 Å². The molecule has 0 spiro atoms.